The van der Waals surface area contributed by atoms with Crippen LogP contribution >= 0.6 is 0 Å². The van der Waals surface area contributed by atoms with Crippen LogP contribution in [0.1, 0.15) is 46.0 Å². The molecule has 0 N–H and O–H groups in total. The summed E-state index contributed by atoms with van der Waals surface area (Å²) >= 11 is 0. The van der Waals surface area contributed by atoms with Gasteiger partial charge in [0.25, 0.3) is 0 Å². The molecule has 1 aliphatic rings. The zero-order valence-corrected chi connectivity index (χ0v) is 9.46. The molecule has 0 unspecified atom stereocenters. The van der Waals surface area contributed by atoms with Crippen LogP contribution in [-0.4, -0.2) is 12.7 Å². The van der Waals surface area contributed by atoms with Crippen molar-refractivity contribution >= 4 is 0 Å². The van der Waals surface area contributed by atoms with Crippen molar-refractivity contribution in [3.63, 3.8) is 0 Å². The van der Waals surface area contributed by atoms with Crippen LogP contribution in [0, 0.1) is 0 Å². The predicted octanol–water partition coefficient (Wildman–Crippen LogP) is 3.86. The van der Waals surface area contributed by atoms with E-state index in [9.17, 15) is 0 Å². The largest absolute Gasteiger partial charge is 0.370 e. The molecule has 1 nitrogen and oxygen atoms in total. The average Bonchev–Trinajstić information content (AvgIpc) is 2.07. The van der Waals surface area contributed by atoms with Crippen LogP contribution in [0.15, 0.2) is 23.8 Å². The van der Waals surface area contributed by atoms with Gasteiger partial charge in [-0.25, -0.2) is 0 Å². The molecular formula is C13H22O. The van der Waals surface area contributed by atoms with Gasteiger partial charge in [-0.3, -0.25) is 0 Å². The van der Waals surface area contributed by atoms with E-state index in [4.69, 9.17) is 4.74 Å². The Bertz CT molecular complexity index is 199. The summed E-state index contributed by atoms with van der Waals surface area (Å²) in [6.45, 7) is 4.98. The minimum absolute atomic E-state index is 0.353. The highest BCUT2D eigenvalue weighted by Gasteiger charge is 2.05. The molecule has 0 amide bonds. The van der Waals surface area contributed by atoms with Crippen LogP contribution in [0.5, 0.6) is 0 Å². The number of hydrogen-bond acceptors (Lipinski definition) is 1. The molecule has 0 bridgehead atoms. The zero-order valence-electron chi connectivity index (χ0n) is 9.46. The second-order valence-corrected chi connectivity index (χ2v) is 4.22. The van der Waals surface area contributed by atoms with E-state index in [1.807, 2.05) is 0 Å². The molecule has 80 valence electrons. The Morgan fingerprint density at radius 3 is 3.00 bits per heavy atom. The molecule has 0 heterocycles. The third kappa shape index (κ3) is 5.23. The van der Waals surface area contributed by atoms with Crippen molar-refractivity contribution in [2.45, 2.75) is 52.1 Å². The maximum absolute atomic E-state index is 5.77. The Balaban J connectivity index is 2.27. The Morgan fingerprint density at radius 2 is 2.21 bits per heavy atom. The molecule has 1 atom stereocenters. The van der Waals surface area contributed by atoms with Crippen LogP contribution in [0.3, 0.4) is 0 Å². The van der Waals surface area contributed by atoms with Crippen molar-refractivity contribution in [3.8, 4) is 0 Å². The van der Waals surface area contributed by atoms with Gasteiger partial charge in [0.15, 0.2) is 0 Å². The molecule has 1 aliphatic carbocycles. The topological polar surface area (TPSA) is 9.23 Å². The molecule has 0 saturated carbocycles. The van der Waals surface area contributed by atoms with E-state index in [-0.39, 0.29) is 0 Å². The van der Waals surface area contributed by atoms with Gasteiger partial charge < -0.3 is 4.74 Å². The number of hydrogen-bond donors (Lipinski definition) is 0. The number of allylic oxidation sites excluding steroid dienone is 2. The summed E-state index contributed by atoms with van der Waals surface area (Å²) in [6, 6.07) is 0. The molecule has 0 aromatic heterocycles. The monoisotopic (exact) mass is 194 g/mol. The molecule has 14 heavy (non-hydrogen) atoms. The van der Waals surface area contributed by atoms with Crippen molar-refractivity contribution in [2.24, 2.45) is 0 Å². The summed E-state index contributed by atoms with van der Waals surface area (Å²) in [4.78, 5) is 0. The minimum atomic E-state index is 0.353. The van der Waals surface area contributed by atoms with Crippen LogP contribution in [-0.2, 0) is 4.74 Å². The highest BCUT2D eigenvalue weighted by molar-refractivity contribution is 4.95. The van der Waals surface area contributed by atoms with E-state index in [1.165, 1.54) is 37.7 Å². The average molecular weight is 194 g/mol. The van der Waals surface area contributed by atoms with Gasteiger partial charge in [0.1, 0.15) is 0 Å². The summed E-state index contributed by atoms with van der Waals surface area (Å²) in [5.74, 6) is 0. The van der Waals surface area contributed by atoms with E-state index in [2.05, 4.69) is 32.1 Å². The third-order valence-electron chi connectivity index (χ3n) is 2.51. The highest BCUT2D eigenvalue weighted by atomic mass is 16.5. The molecule has 1 heteroatoms. The van der Waals surface area contributed by atoms with Gasteiger partial charge in [-0.1, -0.05) is 36.6 Å². The Kier molecular flexibility index (Phi) is 5.62. The van der Waals surface area contributed by atoms with E-state index in [1.54, 1.807) is 0 Å². The zero-order chi connectivity index (χ0) is 10.2. The number of ether oxygens (including phenoxy) is 1. The van der Waals surface area contributed by atoms with Crippen LogP contribution in [0.4, 0.5) is 0 Å². The predicted molar refractivity (Wildman–Crippen MR) is 61.4 cm³/mol. The lowest BCUT2D eigenvalue weighted by atomic mass is 10.0. The maximum Gasteiger partial charge on any atom is 0.0760 e. The fourth-order valence-corrected chi connectivity index (χ4v) is 1.61. The van der Waals surface area contributed by atoms with Crippen molar-refractivity contribution in [1.82, 2.24) is 0 Å². The lowest BCUT2D eigenvalue weighted by Gasteiger charge is -2.15. The Hall–Kier alpha value is -0.560. The van der Waals surface area contributed by atoms with Gasteiger partial charge in [0.05, 0.1) is 12.7 Å². The summed E-state index contributed by atoms with van der Waals surface area (Å²) in [5, 5.41) is 0. The Morgan fingerprint density at radius 1 is 1.36 bits per heavy atom. The van der Waals surface area contributed by atoms with Crippen molar-refractivity contribution in [2.75, 3.05) is 6.61 Å². The number of rotatable bonds is 3. The molecular weight excluding hydrogens is 172 g/mol. The van der Waals surface area contributed by atoms with Gasteiger partial charge >= 0.3 is 0 Å². The lowest BCUT2D eigenvalue weighted by molar-refractivity contribution is 0.0990. The molecule has 0 saturated heterocycles. The summed E-state index contributed by atoms with van der Waals surface area (Å²) in [5.41, 5.74) is 1.33. The fourth-order valence-electron chi connectivity index (χ4n) is 1.61. The van der Waals surface area contributed by atoms with E-state index in [0.717, 1.165) is 6.61 Å². The third-order valence-corrected chi connectivity index (χ3v) is 2.51. The van der Waals surface area contributed by atoms with Crippen molar-refractivity contribution < 1.29 is 4.74 Å². The second kappa shape index (κ2) is 6.83. The minimum Gasteiger partial charge on any atom is -0.370 e. The molecule has 0 fully saturated rings. The lowest BCUT2D eigenvalue weighted by Crippen LogP contribution is -2.11. The standard InChI is InChI=1S/C13H22O/c1-12(2)10-11-14-13-8-6-4-3-5-7-9-13/h6,8,10,13H,3-5,7,9,11H2,1-2H3/b8-6-/t13-/m0/s1. The SMILES string of the molecule is CC(C)=CCO[C@H]1/C=C\CCCCC1. The van der Waals surface area contributed by atoms with E-state index < -0.39 is 0 Å². The fraction of sp³-hybridized carbons (Fsp3) is 0.692. The van der Waals surface area contributed by atoms with Crippen molar-refractivity contribution in [1.29, 1.82) is 0 Å². The van der Waals surface area contributed by atoms with E-state index in [0.29, 0.717) is 6.10 Å². The van der Waals surface area contributed by atoms with Crippen LogP contribution < -0.4 is 0 Å². The normalized spacial score (nSPS) is 24.9. The van der Waals surface area contributed by atoms with Gasteiger partial charge in [-0.05, 0) is 33.1 Å². The first-order chi connectivity index (χ1) is 6.79. The smallest absolute Gasteiger partial charge is 0.0760 e. The molecule has 0 spiro atoms. The van der Waals surface area contributed by atoms with Gasteiger partial charge in [0.2, 0.25) is 0 Å². The first kappa shape index (κ1) is 11.5. The van der Waals surface area contributed by atoms with Crippen LogP contribution in [0.25, 0.3) is 0 Å². The van der Waals surface area contributed by atoms with E-state index >= 15 is 0 Å². The van der Waals surface area contributed by atoms with Gasteiger partial charge in [-0.2, -0.15) is 0 Å². The molecule has 0 aromatic rings. The van der Waals surface area contributed by atoms with Gasteiger partial charge in [0, 0.05) is 0 Å². The molecule has 0 radical (unpaired) electrons. The molecule has 0 aliphatic heterocycles. The summed E-state index contributed by atoms with van der Waals surface area (Å²) < 4.78 is 5.77. The maximum atomic E-state index is 5.77. The van der Waals surface area contributed by atoms with Crippen LogP contribution in [0.2, 0.25) is 0 Å². The first-order valence-electron chi connectivity index (χ1n) is 5.70. The summed E-state index contributed by atoms with van der Waals surface area (Å²) in [7, 11) is 0. The highest BCUT2D eigenvalue weighted by Crippen LogP contribution is 2.14. The Labute approximate surface area is 87.8 Å². The summed E-state index contributed by atoms with van der Waals surface area (Å²) in [6.07, 6.45) is 13.4. The molecule has 0 aromatic carbocycles. The quantitative estimate of drug-likeness (QED) is 0.620. The van der Waals surface area contributed by atoms with Gasteiger partial charge in [-0.15, -0.1) is 0 Å². The first-order valence-corrected chi connectivity index (χ1v) is 5.70. The van der Waals surface area contributed by atoms with Crippen molar-refractivity contribution in [3.05, 3.63) is 23.8 Å². The second-order valence-electron chi connectivity index (χ2n) is 4.22. The molecule has 1 rings (SSSR count).